The minimum absolute atomic E-state index is 0.0278. The number of rotatable bonds is 1. The second-order valence-corrected chi connectivity index (χ2v) is 2.80. The van der Waals surface area contributed by atoms with Crippen LogP contribution in [0.1, 0.15) is 0 Å². The highest BCUT2D eigenvalue weighted by Gasteiger charge is 2.08. The fourth-order valence-corrected chi connectivity index (χ4v) is 1.07. The summed E-state index contributed by atoms with van der Waals surface area (Å²) < 4.78 is 0.196. The topological polar surface area (TPSA) is 56.0 Å². The zero-order valence-corrected chi connectivity index (χ0v) is 5.65. The first-order valence-corrected chi connectivity index (χ1v) is 3.15. The molecule has 0 aliphatic rings. The summed E-state index contributed by atoms with van der Waals surface area (Å²) in [6, 6.07) is 0. The fraction of sp³-hybridized carbons (Fsp3) is 0. The van der Waals surface area contributed by atoms with Gasteiger partial charge in [-0.05, 0) is 11.3 Å². The summed E-state index contributed by atoms with van der Waals surface area (Å²) in [7, 11) is 0. The van der Waals surface area contributed by atoms with Gasteiger partial charge in [0.25, 0.3) is 0 Å². The lowest BCUT2D eigenvalue weighted by molar-refractivity contribution is -0.380. The molecule has 1 heterocycles. The highest BCUT2D eigenvalue weighted by molar-refractivity contribution is 7.18. The van der Waals surface area contributed by atoms with Gasteiger partial charge in [0.2, 0.25) is 0 Å². The first kappa shape index (κ1) is 6.44. The molecule has 1 aromatic heterocycles. The van der Waals surface area contributed by atoms with Crippen LogP contribution >= 0.6 is 22.9 Å². The summed E-state index contributed by atoms with van der Waals surface area (Å²) in [6.07, 6.45) is 1.13. The quantitative estimate of drug-likeness (QED) is 0.469. The Bertz CT molecular complexity index is 235. The first-order chi connectivity index (χ1) is 4.20. The Morgan fingerprint density at radius 3 is 2.78 bits per heavy atom. The minimum atomic E-state index is -0.524. The highest BCUT2D eigenvalue weighted by atomic mass is 35.5. The van der Waals surface area contributed by atoms with E-state index in [1.54, 1.807) is 0 Å². The average molecular weight is 165 g/mol. The van der Waals surface area contributed by atoms with Crippen LogP contribution in [0.3, 0.4) is 0 Å². The number of hydrogen-bond donors (Lipinski definition) is 0. The van der Waals surface area contributed by atoms with Crippen molar-refractivity contribution in [1.29, 1.82) is 0 Å². The van der Waals surface area contributed by atoms with Crippen molar-refractivity contribution >= 4 is 27.9 Å². The Morgan fingerprint density at radius 2 is 2.56 bits per heavy atom. The Balaban J connectivity index is 2.98. The zero-order valence-electron chi connectivity index (χ0n) is 4.07. The third kappa shape index (κ3) is 1.36. The molecule has 9 heavy (non-hydrogen) atoms. The van der Waals surface area contributed by atoms with Gasteiger partial charge in [-0.15, -0.1) is 0 Å². The average Bonchev–Trinajstić information content (AvgIpc) is 2.14. The molecule has 0 amide bonds. The lowest BCUT2D eigenvalue weighted by Gasteiger charge is -1.76. The molecule has 4 nitrogen and oxygen atoms in total. The lowest BCUT2D eigenvalue weighted by atomic mass is 10.9. The smallest absolute Gasteiger partial charge is 0.257 e. The Kier molecular flexibility index (Phi) is 1.63. The molecule has 0 aliphatic carbocycles. The molecule has 0 aliphatic heterocycles. The molecule has 0 spiro atoms. The van der Waals surface area contributed by atoms with Crippen molar-refractivity contribution in [3.63, 3.8) is 0 Å². The van der Waals surface area contributed by atoms with Crippen molar-refractivity contribution in [1.82, 2.24) is 4.98 Å². The molecule has 0 atom stereocenters. The number of nitrogens with zero attached hydrogens (tertiary/aromatic N) is 2. The van der Waals surface area contributed by atoms with Crippen LogP contribution in [0.5, 0.6) is 0 Å². The van der Waals surface area contributed by atoms with E-state index in [-0.39, 0.29) is 9.47 Å². The van der Waals surface area contributed by atoms with Crippen LogP contribution in [0.25, 0.3) is 0 Å². The van der Waals surface area contributed by atoms with Crippen molar-refractivity contribution < 1.29 is 4.92 Å². The van der Waals surface area contributed by atoms with Gasteiger partial charge in [-0.3, -0.25) is 10.1 Å². The molecule has 0 radical (unpaired) electrons. The maximum Gasteiger partial charge on any atom is 0.345 e. The largest absolute Gasteiger partial charge is 0.345 e. The van der Waals surface area contributed by atoms with Crippen molar-refractivity contribution in [2.24, 2.45) is 0 Å². The number of halogens is 1. The molecular formula is C3HClN2O2S. The maximum atomic E-state index is 9.93. The van der Waals surface area contributed by atoms with Gasteiger partial charge in [-0.25, -0.2) is 4.98 Å². The van der Waals surface area contributed by atoms with E-state index in [9.17, 15) is 10.1 Å². The number of hydrogen-bond acceptors (Lipinski definition) is 4. The molecule has 0 unspecified atom stereocenters. The van der Waals surface area contributed by atoms with Gasteiger partial charge >= 0.3 is 5.00 Å². The van der Waals surface area contributed by atoms with Crippen molar-refractivity contribution in [2.45, 2.75) is 0 Å². The summed E-state index contributed by atoms with van der Waals surface area (Å²) >= 11 is 6.16. The molecule has 0 N–H and O–H groups in total. The highest BCUT2D eigenvalue weighted by Crippen LogP contribution is 2.23. The summed E-state index contributed by atoms with van der Waals surface area (Å²) in [5, 5.41) is 9.90. The van der Waals surface area contributed by atoms with Gasteiger partial charge in [0.15, 0.2) is 4.47 Å². The first-order valence-electron chi connectivity index (χ1n) is 1.96. The Hall–Kier alpha value is -0.680. The zero-order chi connectivity index (χ0) is 6.85. The van der Waals surface area contributed by atoms with Crippen LogP contribution in [0, 0.1) is 10.1 Å². The predicted octanol–water partition coefficient (Wildman–Crippen LogP) is 1.70. The van der Waals surface area contributed by atoms with Crippen LogP contribution < -0.4 is 0 Å². The van der Waals surface area contributed by atoms with E-state index < -0.39 is 4.92 Å². The summed E-state index contributed by atoms with van der Waals surface area (Å²) in [6.45, 7) is 0. The van der Waals surface area contributed by atoms with Gasteiger partial charge in [0.1, 0.15) is 6.20 Å². The van der Waals surface area contributed by atoms with E-state index in [4.69, 9.17) is 11.6 Å². The predicted molar refractivity (Wildman–Crippen MR) is 33.8 cm³/mol. The molecule has 0 bridgehead atoms. The molecule has 0 saturated carbocycles. The van der Waals surface area contributed by atoms with Crippen LogP contribution in [0.2, 0.25) is 4.47 Å². The van der Waals surface area contributed by atoms with Gasteiger partial charge in [0.05, 0.1) is 4.92 Å². The number of nitro groups is 1. The van der Waals surface area contributed by atoms with Crippen molar-refractivity contribution in [3.05, 3.63) is 20.8 Å². The van der Waals surface area contributed by atoms with Gasteiger partial charge < -0.3 is 0 Å². The number of thiazole rings is 1. The van der Waals surface area contributed by atoms with Crippen LogP contribution in [0.15, 0.2) is 6.20 Å². The van der Waals surface area contributed by atoms with Crippen LogP contribution in [0.4, 0.5) is 5.00 Å². The molecule has 0 aromatic carbocycles. The summed E-state index contributed by atoms with van der Waals surface area (Å²) in [5.41, 5.74) is 0. The molecular weight excluding hydrogens is 164 g/mol. The Morgan fingerprint density at radius 1 is 1.89 bits per heavy atom. The normalized spacial score (nSPS) is 9.44. The third-order valence-electron chi connectivity index (χ3n) is 0.645. The molecule has 1 rings (SSSR count). The fourth-order valence-electron chi connectivity index (χ4n) is 0.329. The van der Waals surface area contributed by atoms with Gasteiger partial charge in [-0.2, -0.15) is 0 Å². The molecule has 0 saturated heterocycles. The third-order valence-corrected chi connectivity index (χ3v) is 1.71. The van der Waals surface area contributed by atoms with E-state index in [2.05, 4.69) is 4.98 Å². The lowest BCUT2D eigenvalue weighted by Crippen LogP contribution is -1.80. The van der Waals surface area contributed by atoms with E-state index in [0.717, 1.165) is 17.5 Å². The molecule has 0 fully saturated rings. The summed E-state index contributed by atoms with van der Waals surface area (Å²) in [4.78, 5) is 12.9. The van der Waals surface area contributed by atoms with Crippen molar-refractivity contribution in [2.75, 3.05) is 0 Å². The molecule has 1 aromatic rings. The van der Waals surface area contributed by atoms with Crippen molar-refractivity contribution in [3.8, 4) is 0 Å². The van der Waals surface area contributed by atoms with Gasteiger partial charge in [0, 0.05) is 0 Å². The Labute approximate surface area is 59.2 Å². The van der Waals surface area contributed by atoms with E-state index in [0.29, 0.717) is 0 Å². The standard InChI is InChI=1S/C3HClN2O2S/c4-3-5-1-2(9-3)6(7)8/h1H. The maximum absolute atomic E-state index is 9.93. The minimum Gasteiger partial charge on any atom is -0.257 e. The van der Waals surface area contributed by atoms with E-state index in [1.807, 2.05) is 0 Å². The molecule has 48 valence electrons. The van der Waals surface area contributed by atoms with E-state index in [1.165, 1.54) is 0 Å². The monoisotopic (exact) mass is 164 g/mol. The second kappa shape index (κ2) is 2.28. The molecule has 6 heteroatoms. The second-order valence-electron chi connectivity index (χ2n) is 1.21. The van der Waals surface area contributed by atoms with Crippen LogP contribution in [-0.2, 0) is 0 Å². The number of aromatic nitrogens is 1. The van der Waals surface area contributed by atoms with Gasteiger partial charge in [-0.1, -0.05) is 11.6 Å². The SMILES string of the molecule is O=[N+]([O-])c1cnc(Cl)s1. The van der Waals surface area contributed by atoms with Crippen LogP contribution in [-0.4, -0.2) is 9.91 Å². The summed E-state index contributed by atoms with van der Waals surface area (Å²) in [5.74, 6) is 0. The van der Waals surface area contributed by atoms with E-state index >= 15 is 0 Å².